The second kappa shape index (κ2) is 7.30. The molecule has 0 amide bonds. The summed E-state index contributed by atoms with van der Waals surface area (Å²) in [6, 6.07) is 13.3. The first-order chi connectivity index (χ1) is 12.0. The summed E-state index contributed by atoms with van der Waals surface area (Å²) in [6.07, 6.45) is 3.36. The lowest BCUT2D eigenvalue weighted by atomic mass is 10.00. The maximum absolute atomic E-state index is 11.7. The molecule has 2 N–H and O–H groups in total. The third-order valence-electron chi connectivity index (χ3n) is 4.41. The van der Waals surface area contributed by atoms with Crippen LogP contribution >= 0.6 is 0 Å². The van der Waals surface area contributed by atoms with Gasteiger partial charge in [-0.15, -0.1) is 0 Å². The third-order valence-corrected chi connectivity index (χ3v) is 4.41. The van der Waals surface area contributed by atoms with Crippen LogP contribution in [0.25, 0.3) is 11.3 Å². The van der Waals surface area contributed by atoms with E-state index in [1.54, 1.807) is 22.9 Å². The molecule has 0 aliphatic heterocycles. The van der Waals surface area contributed by atoms with Gasteiger partial charge in [-0.05, 0) is 49.9 Å². The van der Waals surface area contributed by atoms with Crippen molar-refractivity contribution in [1.82, 2.24) is 14.5 Å². The van der Waals surface area contributed by atoms with E-state index in [0.29, 0.717) is 6.54 Å². The highest BCUT2D eigenvalue weighted by Crippen LogP contribution is 2.25. The van der Waals surface area contributed by atoms with Crippen molar-refractivity contribution in [3.63, 3.8) is 0 Å². The van der Waals surface area contributed by atoms with E-state index in [9.17, 15) is 4.79 Å². The first kappa shape index (κ1) is 16.9. The van der Waals surface area contributed by atoms with E-state index in [0.717, 1.165) is 29.8 Å². The third kappa shape index (κ3) is 3.94. The largest absolute Gasteiger partial charge is 0.368 e. The molecule has 0 radical (unpaired) electrons. The smallest absolute Gasteiger partial charge is 0.250 e. The molecule has 0 spiro atoms. The van der Waals surface area contributed by atoms with Gasteiger partial charge in [-0.25, -0.2) is 9.97 Å². The summed E-state index contributed by atoms with van der Waals surface area (Å²) >= 11 is 0. The van der Waals surface area contributed by atoms with E-state index in [1.807, 2.05) is 18.2 Å². The Morgan fingerprint density at radius 2 is 1.92 bits per heavy atom. The van der Waals surface area contributed by atoms with Gasteiger partial charge < -0.3 is 10.3 Å². The van der Waals surface area contributed by atoms with Crippen LogP contribution in [-0.4, -0.2) is 14.5 Å². The molecule has 0 saturated heterocycles. The first-order valence-corrected chi connectivity index (χ1v) is 8.40. The predicted octanol–water partition coefficient (Wildman–Crippen LogP) is 3.14. The SMILES string of the molecule is Cc1cccc(-c2cc(CCCn3ccccc3=O)nc(N)n2)c1C. The van der Waals surface area contributed by atoms with Gasteiger partial charge in [-0.3, -0.25) is 4.79 Å². The summed E-state index contributed by atoms with van der Waals surface area (Å²) in [5, 5.41) is 0. The molecule has 128 valence electrons. The molecule has 5 nitrogen and oxygen atoms in total. The number of nitrogen functional groups attached to an aromatic ring is 1. The van der Waals surface area contributed by atoms with Gasteiger partial charge in [0.05, 0.1) is 5.69 Å². The second-order valence-electron chi connectivity index (χ2n) is 6.19. The van der Waals surface area contributed by atoms with Crippen molar-refractivity contribution in [1.29, 1.82) is 0 Å². The zero-order chi connectivity index (χ0) is 17.8. The van der Waals surface area contributed by atoms with E-state index in [1.165, 1.54) is 11.1 Å². The van der Waals surface area contributed by atoms with E-state index >= 15 is 0 Å². The summed E-state index contributed by atoms with van der Waals surface area (Å²) < 4.78 is 1.70. The van der Waals surface area contributed by atoms with E-state index in [-0.39, 0.29) is 11.5 Å². The van der Waals surface area contributed by atoms with E-state index in [2.05, 4.69) is 35.9 Å². The van der Waals surface area contributed by atoms with E-state index < -0.39 is 0 Å². The predicted molar refractivity (Wildman–Crippen MR) is 100 cm³/mol. The number of nitrogens with two attached hydrogens (primary N) is 1. The molecule has 0 aliphatic rings. The minimum atomic E-state index is 0.0146. The average Bonchev–Trinajstić information content (AvgIpc) is 2.58. The van der Waals surface area contributed by atoms with Gasteiger partial charge in [0.15, 0.2) is 0 Å². The highest BCUT2D eigenvalue weighted by Gasteiger charge is 2.09. The molecule has 5 heteroatoms. The number of hydrogen-bond acceptors (Lipinski definition) is 4. The maximum Gasteiger partial charge on any atom is 0.250 e. The summed E-state index contributed by atoms with van der Waals surface area (Å²) in [4.78, 5) is 20.5. The molecular formula is C20H22N4O. The van der Waals surface area contributed by atoms with Crippen molar-refractivity contribution in [3.05, 3.63) is 75.8 Å². The molecule has 25 heavy (non-hydrogen) atoms. The number of pyridine rings is 1. The molecule has 0 unspecified atom stereocenters. The Morgan fingerprint density at radius 1 is 1.08 bits per heavy atom. The van der Waals surface area contributed by atoms with Crippen LogP contribution < -0.4 is 11.3 Å². The van der Waals surface area contributed by atoms with Gasteiger partial charge >= 0.3 is 0 Å². The number of aryl methyl sites for hydroxylation is 3. The fraction of sp³-hybridized carbons (Fsp3) is 0.250. The summed E-state index contributed by atoms with van der Waals surface area (Å²) in [7, 11) is 0. The van der Waals surface area contributed by atoms with Crippen LogP contribution in [0.15, 0.2) is 53.5 Å². The summed E-state index contributed by atoms with van der Waals surface area (Å²) in [5.74, 6) is 0.283. The normalized spacial score (nSPS) is 10.8. The monoisotopic (exact) mass is 334 g/mol. The van der Waals surface area contributed by atoms with Crippen LogP contribution in [0.5, 0.6) is 0 Å². The minimum Gasteiger partial charge on any atom is -0.368 e. The van der Waals surface area contributed by atoms with Gasteiger partial charge in [0.25, 0.3) is 0 Å². The number of anilines is 1. The molecule has 2 heterocycles. The average molecular weight is 334 g/mol. The highest BCUT2D eigenvalue weighted by atomic mass is 16.1. The van der Waals surface area contributed by atoms with E-state index in [4.69, 9.17) is 5.73 Å². The zero-order valence-electron chi connectivity index (χ0n) is 14.6. The van der Waals surface area contributed by atoms with Crippen molar-refractivity contribution >= 4 is 5.95 Å². The Kier molecular flexibility index (Phi) is 4.93. The van der Waals surface area contributed by atoms with Crippen LogP contribution in [-0.2, 0) is 13.0 Å². The molecule has 2 aromatic heterocycles. The fourth-order valence-electron chi connectivity index (χ4n) is 2.89. The number of aromatic nitrogens is 3. The Balaban J connectivity index is 1.79. The van der Waals surface area contributed by atoms with Crippen LogP contribution in [0, 0.1) is 13.8 Å². The summed E-state index contributed by atoms with van der Waals surface area (Å²) in [6.45, 7) is 4.83. The van der Waals surface area contributed by atoms with Crippen LogP contribution in [0.2, 0.25) is 0 Å². The van der Waals surface area contributed by atoms with Crippen LogP contribution in [0.3, 0.4) is 0 Å². The number of benzene rings is 1. The lowest BCUT2D eigenvalue weighted by molar-refractivity contribution is 0.617. The quantitative estimate of drug-likeness (QED) is 0.778. The number of hydrogen-bond donors (Lipinski definition) is 1. The molecule has 0 atom stereocenters. The maximum atomic E-state index is 11.7. The van der Waals surface area contributed by atoms with Crippen LogP contribution in [0.4, 0.5) is 5.95 Å². The lowest BCUT2D eigenvalue weighted by Crippen LogP contribution is -2.18. The minimum absolute atomic E-state index is 0.0146. The summed E-state index contributed by atoms with van der Waals surface area (Å²) in [5.41, 5.74) is 11.2. The molecule has 1 aromatic carbocycles. The number of rotatable bonds is 5. The van der Waals surface area contributed by atoms with Gasteiger partial charge in [0, 0.05) is 30.1 Å². The Morgan fingerprint density at radius 3 is 2.72 bits per heavy atom. The Hall–Kier alpha value is -2.95. The zero-order valence-corrected chi connectivity index (χ0v) is 14.6. The molecule has 0 bridgehead atoms. The van der Waals surface area contributed by atoms with Gasteiger partial charge in [0.2, 0.25) is 11.5 Å². The van der Waals surface area contributed by atoms with Gasteiger partial charge in [-0.1, -0.05) is 24.3 Å². The van der Waals surface area contributed by atoms with Crippen molar-refractivity contribution < 1.29 is 0 Å². The second-order valence-corrected chi connectivity index (χ2v) is 6.19. The van der Waals surface area contributed by atoms with Crippen molar-refractivity contribution in [3.8, 4) is 11.3 Å². The molecule has 0 saturated carbocycles. The fourth-order valence-corrected chi connectivity index (χ4v) is 2.89. The standard InChI is InChI=1S/C20H22N4O/c1-14-7-5-9-17(15(14)2)18-13-16(22-20(21)23-18)8-6-12-24-11-4-3-10-19(24)25/h3-5,7,9-11,13H,6,8,12H2,1-2H3,(H2,21,22,23). The Labute approximate surface area is 147 Å². The van der Waals surface area contributed by atoms with Crippen LogP contribution in [0.1, 0.15) is 23.2 Å². The molecule has 3 aromatic rings. The molecular weight excluding hydrogens is 312 g/mol. The van der Waals surface area contributed by atoms with Gasteiger partial charge in [-0.2, -0.15) is 0 Å². The number of nitrogens with zero attached hydrogens (tertiary/aromatic N) is 3. The molecule has 3 rings (SSSR count). The highest BCUT2D eigenvalue weighted by molar-refractivity contribution is 5.66. The topological polar surface area (TPSA) is 73.8 Å². The van der Waals surface area contributed by atoms with Crippen molar-refractivity contribution in [2.24, 2.45) is 0 Å². The molecule has 0 aliphatic carbocycles. The Bertz CT molecular complexity index is 946. The van der Waals surface area contributed by atoms with Crippen molar-refractivity contribution in [2.75, 3.05) is 5.73 Å². The molecule has 0 fully saturated rings. The lowest BCUT2D eigenvalue weighted by Gasteiger charge is -2.10. The first-order valence-electron chi connectivity index (χ1n) is 8.40. The van der Waals surface area contributed by atoms with Gasteiger partial charge in [0.1, 0.15) is 0 Å². The van der Waals surface area contributed by atoms with Crippen molar-refractivity contribution in [2.45, 2.75) is 33.2 Å².